The van der Waals surface area contributed by atoms with Crippen molar-refractivity contribution in [2.75, 3.05) is 58.0 Å². The van der Waals surface area contributed by atoms with Crippen LogP contribution in [0.3, 0.4) is 0 Å². The van der Waals surface area contributed by atoms with Crippen LogP contribution in [-0.4, -0.2) is 87.6 Å². The lowest BCUT2D eigenvalue weighted by Gasteiger charge is -2.35. The normalized spacial score (nSPS) is 22.9. The Hall–Kier alpha value is -1.13. The second kappa shape index (κ2) is 9.38. The summed E-state index contributed by atoms with van der Waals surface area (Å²) in [4.78, 5) is 14.1. The topological polar surface area (TPSA) is 76.2 Å². The molecule has 1 atom stereocenters. The van der Waals surface area contributed by atoms with E-state index in [4.69, 9.17) is 4.74 Å². The number of rotatable bonds is 5. The molecule has 0 radical (unpaired) electrons. The Morgan fingerprint density at radius 2 is 1.93 bits per heavy atom. The molecule has 0 bridgehead atoms. The summed E-state index contributed by atoms with van der Waals surface area (Å²) in [5, 5.41) is 0. The molecule has 2 fully saturated rings. The molecule has 7 nitrogen and oxygen atoms in total. The van der Waals surface area contributed by atoms with Crippen molar-refractivity contribution in [3.05, 3.63) is 29.8 Å². The molecule has 0 aromatic heterocycles. The lowest BCUT2D eigenvalue weighted by molar-refractivity contribution is 0.0309. The first-order valence-electron chi connectivity index (χ1n) is 9.10. The summed E-state index contributed by atoms with van der Waals surface area (Å²) in [6, 6.07) is 5.92. The molecule has 27 heavy (non-hydrogen) atoms. The highest BCUT2D eigenvalue weighted by Gasteiger charge is 2.34. The Bertz CT molecular complexity index is 733. The fraction of sp³-hybridized carbons (Fsp3) is 0.611. The highest BCUT2D eigenvalue weighted by molar-refractivity contribution is 7.99. The highest BCUT2D eigenvalue weighted by atomic mass is 32.2. The smallest absolute Gasteiger partial charge is 0.337 e. The number of morpholine rings is 1. The van der Waals surface area contributed by atoms with Crippen molar-refractivity contribution in [2.45, 2.75) is 17.4 Å². The Labute approximate surface area is 165 Å². The third-order valence-electron chi connectivity index (χ3n) is 4.84. The van der Waals surface area contributed by atoms with E-state index in [-0.39, 0.29) is 10.9 Å². The van der Waals surface area contributed by atoms with E-state index in [1.165, 1.54) is 31.4 Å². The summed E-state index contributed by atoms with van der Waals surface area (Å²) in [7, 11) is -2.32. The van der Waals surface area contributed by atoms with Crippen molar-refractivity contribution in [1.82, 2.24) is 9.21 Å². The van der Waals surface area contributed by atoms with Gasteiger partial charge in [0.05, 0.1) is 30.8 Å². The fourth-order valence-corrected chi connectivity index (χ4v) is 6.17. The van der Waals surface area contributed by atoms with E-state index >= 15 is 0 Å². The summed E-state index contributed by atoms with van der Waals surface area (Å²) in [5.74, 6) is 1.28. The van der Waals surface area contributed by atoms with Crippen LogP contribution in [-0.2, 0) is 19.5 Å². The van der Waals surface area contributed by atoms with Gasteiger partial charge in [0.25, 0.3) is 0 Å². The fourth-order valence-electron chi connectivity index (χ4n) is 3.37. The van der Waals surface area contributed by atoms with E-state index in [1.54, 1.807) is 4.31 Å². The first-order chi connectivity index (χ1) is 13.0. The zero-order valence-corrected chi connectivity index (χ0v) is 17.1. The van der Waals surface area contributed by atoms with Crippen molar-refractivity contribution in [2.24, 2.45) is 0 Å². The van der Waals surface area contributed by atoms with Gasteiger partial charge >= 0.3 is 5.97 Å². The summed E-state index contributed by atoms with van der Waals surface area (Å²) in [6.07, 6.45) is 0.837. The van der Waals surface area contributed by atoms with Crippen molar-refractivity contribution in [1.29, 1.82) is 0 Å². The van der Waals surface area contributed by atoms with Gasteiger partial charge in [0.1, 0.15) is 0 Å². The number of nitrogens with zero attached hydrogens (tertiary/aromatic N) is 2. The maximum atomic E-state index is 13.3. The summed E-state index contributed by atoms with van der Waals surface area (Å²) in [5.41, 5.74) is 0.340. The van der Waals surface area contributed by atoms with E-state index in [2.05, 4.69) is 9.64 Å². The minimum atomic E-state index is -3.62. The molecule has 0 saturated carbocycles. The molecule has 2 aliphatic rings. The molecule has 0 N–H and O–H groups in total. The van der Waals surface area contributed by atoms with Crippen molar-refractivity contribution < 1.29 is 22.7 Å². The quantitative estimate of drug-likeness (QED) is 0.672. The third-order valence-corrected chi connectivity index (χ3v) is 8.00. The molecule has 2 saturated heterocycles. The van der Waals surface area contributed by atoms with Gasteiger partial charge in [0, 0.05) is 38.0 Å². The van der Waals surface area contributed by atoms with Crippen molar-refractivity contribution in [3.8, 4) is 0 Å². The molecule has 0 amide bonds. The summed E-state index contributed by atoms with van der Waals surface area (Å²) >= 11 is 1.81. The van der Waals surface area contributed by atoms with Crippen LogP contribution >= 0.6 is 11.8 Å². The van der Waals surface area contributed by atoms with Crippen molar-refractivity contribution in [3.63, 3.8) is 0 Å². The first-order valence-corrected chi connectivity index (χ1v) is 11.7. The number of sulfonamides is 1. The number of benzene rings is 1. The zero-order valence-electron chi connectivity index (χ0n) is 15.5. The molecule has 1 aromatic carbocycles. The Balaban J connectivity index is 1.81. The molecule has 9 heteroatoms. The van der Waals surface area contributed by atoms with E-state index in [0.717, 1.165) is 37.6 Å². The molecule has 3 rings (SSSR count). The second-order valence-corrected chi connectivity index (χ2v) is 9.67. The van der Waals surface area contributed by atoms with Gasteiger partial charge in [-0.15, -0.1) is 0 Å². The lowest BCUT2D eigenvalue weighted by Crippen LogP contribution is -2.50. The largest absolute Gasteiger partial charge is 0.465 e. The second-order valence-electron chi connectivity index (χ2n) is 6.63. The van der Waals surface area contributed by atoms with Gasteiger partial charge in [-0.3, -0.25) is 4.90 Å². The van der Waals surface area contributed by atoms with Crippen LogP contribution in [0.15, 0.2) is 29.2 Å². The van der Waals surface area contributed by atoms with E-state index < -0.39 is 16.0 Å². The average molecular weight is 415 g/mol. The predicted octanol–water partition coefficient (Wildman–Crippen LogP) is 1.30. The van der Waals surface area contributed by atoms with Gasteiger partial charge in [0.15, 0.2) is 0 Å². The molecular formula is C18H26N2O5S2. The van der Waals surface area contributed by atoms with Gasteiger partial charge in [0.2, 0.25) is 10.0 Å². The number of methoxy groups -OCH3 is 1. The molecule has 2 aliphatic heterocycles. The van der Waals surface area contributed by atoms with Crippen LogP contribution < -0.4 is 0 Å². The molecule has 0 spiro atoms. The maximum absolute atomic E-state index is 13.3. The van der Waals surface area contributed by atoms with E-state index in [1.807, 2.05) is 11.8 Å². The van der Waals surface area contributed by atoms with Crippen LogP contribution in [0.2, 0.25) is 0 Å². The number of hydrogen-bond acceptors (Lipinski definition) is 7. The minimum absolute atomic E-state index is 0.0686. The average Bonchev–Trinajstić information content (AvgIpc) is 2.94. The van der Waals surface area contributed by atoms with E-state index in [9.17, 15) is 13.2 Å². The summed E-state index contributed by atoms with van der Waals surface area (Å²) in [6.45, 7) is 4.30. The molecule has 2 heterocycles. The predicted molar refractivity (Wildman–Crippen MR) is 105 cm³/mol. The standard InChI is InChI=1S/C18H26N2O5S2/c1-24-18(21)15-3-5-17(6-4-15)27(22,23)20-7-2-12-26-14-16(20)13-19-8-10-25-11-9-19/h3-6,16H,2,7-14H2,1H3. The highest BCUT2D eigenvalue weighted by Crippen LogP contribution is 2.25. The summed E-state index contributed by atoms with van der Waals surface area (Å²) < 4.78 is 38.3. The molecule has 150 valence electrons. The Morgan fingerprint density at radius 3 is 2.59 bits per heavy atom. The number of carbonyl (C=O) groups is 1. The molecule has 0 aliphatic carbocycles. The Kier molecular flexibility index (Phi) is 7.16. The maximum Gasteiger partial charge on any atom is 0.337 e. The SMILES string of the molecule is COC(=O)c1ccc(S(=O)(=O)N2CCCSCC2CN2CCOCC2)cc1. The van der Waals surface area contributed by atoms with Gasteiger partial charge in [-0.25, -0.2) is 13.2 Å². The van der Waals surface area contributed by atoms with Crippen LogP contribution in [0, 0.1) is 0 Å². The molecular weight excluding hydrogens is 388 g/mol. The number of esters is 1. The molecule has 1 aromatic rings. The van der Waals surface area contributed by atoms with Crippen LogP contribution in [0.1, 0.15) is 16.8 Å². The van der Waals surface area contributed by atoms with Crippen LogP contribution in [0.4, 0.5) is 0 Å². The number of hydrogen-bond donors (Lipinski definition) is 0. The lowest BCUT2D eigenvalue weighted by atomic mass is 10.2. The van der Waals surface area contributed by atoms with Gasteiger partial charge < -0.3 is 9.47 Å². The van der Waals surface area contributed by atoms with Crippen molar-refractivity contribution >= 4 is 27.8 Å². The monoisotopic (exact) mass is 414 g/mol. The van der Waals surface area contributed by atoms with E-state index in [0.29, 0.717) is 25.3 Å². The third kappa shape index (κ3) is 5.03. The Morgan fingerprint density at radius 1 is 1.22 bits per heavy atom. The molecule has 1 unspecified atom stereocenters. The van der Waals surface area contributed by atoms with Crippen LogP contribution in [0.25, 0.3) is 0 Å². The first kappa shape index (κ1) is 20.6. The minimum Gasteiger partial charge on any atom is -0.465 e. The van der Waals surface area contributed by atoms with Crippen LogP contribution in [0.5, 0.6) is 0 Å². The number of carbonyl (C=O) groups excluding carboxylic acids is 1. The zero-order chi connectivity index (χ0) is 19.3. The number of thioether (sulfide) groups is 1. The van der Waals surface area contributed by atoms with Gasteiger partial charge in [-0.05, 0) is 36.4 Å². The van der Waals surface area contributed by atoms with Gasteiger partial charge in [-0.1, -0.05) is 0 Å². The van der Waals surface area contributed by atoms with Gasteiger partial charge in [-0.2, -0.15) is 16.1 Å². The number of ether oxygens (including phenoxy) is 2.